The number of ether oxygens (including phenoxy) is 1. The second kappa shape index (κ2) is 8.33. The summed E-state index contributed by atoms with van der Waals surface area (Å²) in [6.45, 7) is 17.4. The van der Waals surface area contributed by atoms with Crippen LogP contribution in [0.5, 0.6) is 0 Å². The highest BCUT2D eigenvalue weighted by Gasteiger charge is 2.38. The molecule has 3 heteroatoms. The first-order valence-electron chi connectivity index (χ1n) is 8.55. The van der Waals surface area contributed by atoms with Crippen molar-refractivity contribution >= 4 is 5.97 Å². The van der Waals surface area contributed by atoms with Gasteiger partial charge < -0.3 is 9.84 Å². The van der Waals surface area contributed by atoms with Crippen LogP contribution in [-0.4, -0.2) is 24.3 Å². The van der Waals surface area contributed by atoms with Crippen molar-refractivity contribution < 1.29 is 14.6 Å². The van der Waals surface area contributed by atoms with Crippen molar-refractivity contribution in [2.45, 2.75) is 80.8 Å². The fourth-order valence-corrected chi connectivity index (χ4v) is 2.88. The molecular formula is C19H38O3. The van der Waals surface area contributed by atoms with Gasteiger partial charge in [0.05, 0.1) is 13.2 Å². The lowest BCUT2D eigenvalue weighted by Gasteiger charge is -2.42. The molecule has 0 fully saturated rings. The normalized spacial score (nSPS) is 18.5. The second-order valence-corrected chi connectivity index (χ2v) is 9.07. The Balaban J connectivity index is 4.90. The molecule has 0 spiro atoms. The van der Waals surface area contributed by atoms with Crippen LogP contribution < -0.4 is 0 Å². The fraction of sp³-hybridized carbons (Fsp3) is 0.947. The Morgan fingerprint density at radius 1 is 1.05 bits per heavy atom. The minimum Gasteiger partial charge on any atom is -0.469 e. The standard InChI is InChI=1S/C19H38O3/c1-13(10-11-16(20)22-9)12-15(19(6,7)8)17(21)14(2)18(3,4)5/h13-15,17,21H,10-12H2,1-9H3. The number of methoxy groups -OCH3 is 1. The summed E-state index contributed by atoms with van der Waals surface area (Å²) in [5.74, 6) is 0.687. The first-order chi connectivity index (χ1) is 9.80. The lowest BCUT2D eigenvalue weighted by molar-refractivity contribution is -0.141. The molecule has 0 rings (SSSR count). The minimum absolute atomic E-state index is 0.0401. The predicted octanol–water partition coefficient (Wildman–Crippen LogP) is 4.67. The van der Waals surface area contributed by atoms with Gasteiger partial charge in [-0.3, -0.25) is 4.79 Å². The summed E-state index contributed by atoms with van der Waals surface area (Å²) >= 11 is 0. The fourth-order valence-electron chi connectivity index (χ4n) is 2.88. The third-order valence-corrected chi connectivity index (χ3v) is 5.13. The summed E-state index contributed by atoms with van der Waals surface area (Å²) < 4.78 is 4.71. The number of carbonyl (C=O) groups is 1. The molecule has 22 heavy (non-hydrogen) atoms. The maximum Gasteiger partial charge on any atom is 0.305 e. The molecule has 3 nitrogen and oxygen atoms in total. The molecule has 4 unspecified atom stereocenters. The van der Waals surface area contributed by atoms with Crippen LogP contribution in [0, 0.1) is 28.6 Å². The van der Waals surface area contributed by atoms with Gasteiger partial charge in [-0.1, -0.05) is 55.4 Å². The molecule has 0 radical (unpaired) electrons. The molecule has 0 saturated heterocycles. The summed E-state index contributed by atoms with van der Waals surface area (Å²) in [7, 11) is 1.43. The molecule has 4 atom stereocenters. The number of carbonyl (C=O) groups excluding carboxylic acids is 1. The van der Waals surface area contributed by atoms with Gasteiger partial charge in [-0.15, -0.1) is 0 Å². The van der Waals surface area contributed by atoms with Crippen LogP contribution in [0.1, 0.15) is 74.7 Å². The van der Waals surface area contributed by atoms with E-state index in [-0.39, 0.29) is 34.7 Å². The van der Waals surface area contributed by atoms with E-state index in [2.05, 4.69) is 55.4 Å². The largest absolute Gasteiger partial charge is 0.469 e. The zero-order chi connectivity index (χ0) is 17.7. The number of aliphatic hydroxyl groups is 1. The zero-order valence-corrected chi connectivity index (χ0v) is 16.2. The SMILES string of the molecule is COC(=O)CCC(C)CC(C(O)C(C)C(C)(C)C)C(C)(C)C. The first-order valence-corrected chi connectivity index (χ1v) is 8.55. The van der Waals surface area contributed by atoms with Gasteiger partial charge in [0.2, 0.25) is 0 Å². The van der Waals surface area contributed by atoms with Crippen LogP contribution in [-0.2, 0) is 9.53 Å². The molecule has 1 N–H and O–H groups in total. The molecular weight excluding hydrogens is 276 g/mol. The Morgan fingerprint density at radius 2 is 1.55 bits per heavy atom. The Kier molecular flexibility index (Phi) is 8.11. The number of rotatable bonds is 7. The number of aliphatic hydroxyl groups excluding tert-OH is 1. The van der Waals surface area contributed by atoms with Crippen LogP contribution in [0.25, 0.3) is 0 Å². The van der Waals surface area contributed by atoms with E-state index in [1.807, 2.05) is 0 Å². The Morgan fingerprint density at radius 3 is 1.91 bits per heavy atom. The molecule has 0 amide bonds. The van der Waals surface area contributed by atoms with Crippen molar-refractivity contribution in [3.05, 3.63) is 0 Å². The van der Waals surface area contributed by atoms with Crippen molar-refractivity contribution in [2.75, 3.05) is 7.11 Å². The van der Waals surface area contributed by atoms with E-state index in [4.69, 9.17) is 4.74 Å². The summed E-state index contributed by atoms with van der Waals surface area (Å²) in [6, 6.07) is 0. The van der Waals surface area contributed by atoms with Gasteiger partial charge in [-0.2, -0.15) is 0 Å². The van der Waals surface area contributed by atoms with Gasteiger partial charge in [-0.25, -0.2) is 0 Å². The lowest BCUT2D eigenvalue weighted by Crippen LogP contribution is -2.41. The molecule has 0 aromatic rings. The molecule has 0 heterocycles. The van der Waals surface area contributed by atoms with Crippen molar-refractivity contribution in [2.24, 2.45) is 28.6 Å². The highest BCUT2D eigenvalue weighted by atomic mass is 16.5. The lowest BCUT2D eigenvalue weighted by atomic mass is 9.65. The highest BCUT2D eigenvalue weighted by Crippen LogP contribution is 2.41. The maximum absolute atomic E-state index is 11.3. The van der Waals surface area contributed by atoms with Crippen molar-refractivity contribution in [3.8, 4) is 0 Å². The minimum atomic E-state index is -0.333. The van der Waals surface area contributed by atoms with Crippen LogP contribution in [0.2, 0.25) is 0 Å². The van der Waals surface area contributed by atoms with E-state index in [1.165, 1.54) is 7.11 Å². The first kappa shape index (κ1) is 21.4. The Labute approximate surface area is 137 Å². The van der Waals surface area contributed by atoms with E-state index in [0.29, 0.717) is 12.3 Å². The number of hydrogen-bond acceptors (Lipinski definition) is 3. The monoisotopic (exact) mass is 314 g/mol. The zero-order valence-electron chi connectivity index (χ0n) is 16.2. The van der Waals surface area contributed by atoms with Gasteiger partial charge in [0.15, 0.2) is 0 Å². The average molecular weight is 315 g/mol. The van der Waals surface area contributed by atoms with Crippen molar-refractivity contribution in [1.82, 2.24) is 0 Å². The molecule has 0 aliphatic heterocycles. The molecule has 0 aromatic heterocycles. The van der Waals surface area contributed by atoms with Crippen molar-refractivity contribution in [3.63, 3.8) is 0 Å². The maximum atomic E-state index is 11.3. The van der Waals surface area contributed by atoms with Crippen LogP contribution >= 0.6 is 0 Å². The van der Waals surface area contributed by atoms with E-state index >= 15 is 0 Å². The molecule has 0 aliphatic rings. The van der Waals surface area contributed by atoms with E-state index in [9.17, 15) is 9.90 Å². The summed E-state index contributed by atoms with van der Waals surface area (Å²) in [4.78, 5) is 11.3. The van der Waals surface area contributed by atoms with Crippen LogP contribution in [0.4, 0.5) is 0 Å². The highest BCUT2D eigenvalue weighted by molar-refractivity contribution is 5.69. The quantitative estimate of drug-likeness (QED) is 0.695. The third kappa shape index (κ3) is 7.13. The van der Waals surface area contributed by atoms with Gasteiger partial charge in [-0.05, 0) is 41.4 Å². The topological polar surface area (TPSA) is 46.5 Å². The van der Waals surface area contributed by atoms with E-state index in [0.717, 1.165) is 12.8 Å². The van der Waals surface area contributed by atoms with Gasteiger partial charge in [0, 0.05) is 6.42 Å². The van der Waals surface area contributed by atoms with Gasteiger partial charge >= 0.3 is 5.97 Å². The summed E-state index contributed by atoms with van der Waals surface area (Å²) in [6.07, 6.45) is 1.87. The van der Waals surface area contributed by atoms with Crippen LogP contribution in [0.3, 0.4) is 0 Å². The van der Waals surface area contributed by atoms with Gasteiger partial charge in [0.25, 0.3) is 0 Å². The molecule has 0 aromatic carbocycles. The summed E-state index contributed by atoms with van der Waals surface area (Å²) in [5.41, 5.74) is 0.122. The Hall–Kier alpha value is -0.570. The molecule has 0 aliphatic carbocycles. The number of esters is 1. The molecule has 0 saturated carbocycles. The molecule has 132 valence electrons. The third-order valence-electron chi connectivity index (χ3n) is 5.13. The van der Waals surface area contributed by atoms with Gasteiger partial charge in [0.1, 0.15) is 0 Å². The summed E-state index contributed by atoms with van der Waals surface area (Å²) in [5, 5.41) is 10.9. The van der Waals surface area contributed by atoms with E-state index < -0.39 is 0 Å². The Bertz CT molecular complexity index is 336. The van der Waals surface area contributed by atoms with E-state index in [1.54, 1.807) is 0 Å². The molecule has 0 bridgehead atoms. The predicted molar refractivity (Wildman–Crippen MR) is 92.6 cm³/mol. The average Bonchev–Trinajstić information content (AvgIpc) is 2.38. The smallest absolute Gasteiger partial charge is 0.305 e. The van der Waals surface area contributed by atoms with Crippen molar-refractivity contribution in [1.29, 1.82) is 0 Å². The number of hydrogen-bond donors (Lipinski definition) is 1. The van der Waals surface area contributed by atoms with Crippen LogP contribution in [0.15, 0.2) is 0 Å². The second-order valence-electron chi connectivity index (χ2n) is 9.07.